The molecule has 6 heteroatoms. The number of hydrogen-bond acceptors (Lipinski definition) is 3. The number of aromatic nitrogens is 1. The molecule has 4 rings (SSSR count). The molecule has 0 N–H and O–H groups in total. The molecule has 1 saturated heterocycles. The molecule has 0 spiro atoms. The van der Waals surface area contributed by atoms with Crippen molar-refractivity contribution < 1.29 is 4.79 Å². The minimum atomic E-state index is -0.0785. The largest absolute Gasteiger partial charge is 0.350 e. The third-order valence-corrected chi connectivity index (χ3v) is 5.92. The number of amides is 1. The van der Waals surface area contributed by atoms with Crippen molar-refractivity contribution in [2.75, 3.05) is 4.90 Å². The zero-order valence-corrected chi connectivity index (χ0v) is 16.5. The number of hydrogen-bond donors (Lipinski definition) is 0. The number of carbonyl (C=O) groups is 1. The molecule has 25 heavy (non-hydrogen) atoms. The number of thioether (sulfide) groups is 1. The second kappa shape index (κ2) is 6.44. The molecule has 124 valence electrons. The fourth-order valence-corrected chi connectivity index (χ4v) is 4.46. The lowest BCUT2D eigenvalue weighted by atomic mass is 10.1. The standard InChI is InChI=1S/C19H13BrN2OS2/c1-21-11-12(15-4-2-3-5-16(15)21)10-17-18(23)22(19(24)25-17)14-8-6-13(20)7-9-14/h2-11H,1H3/b17-10+. The van der Waals surface area contributed by atoms with E-state index in [-0.39, 0.29) is 5.91 Å². The third kappa shape index (κ3) is 2.94. The summed E-state index contributed by atoms with van der Waals surface area (Å²) in [5.74, 6) is -0.0785. The molecule has 0 bridgehead atoms. The van der Waals surface area contributed by atoms with Gasteiger partial charge in [-0.25, -0.2) is 0 Å². The Bertz CT molecular complexity index is 1040. The highest BCUT2D eigenvalue weighted by molar-refractivity contribution is 9.10. The second-order valence-electron chi connectivity index (χ2n) is 5.71. The van der Waals surface area contributed by atoms with Crippen LogP contribution in [0, 0.1) is 0 Å². The topological polar surface area (TPSA) is 25.2 Å². The molecule has 0 aliphatic carbocycles. The lowest BCUT2D eigenvalue weighted by Crippen LogP contribution is -2.27. The average Bonchev–Trinajstić information content (AvgIpc) is 3.06. The quantitative estimate of drug-likeness (QED) is 0.406. The van der Waals surface area contributed by atoms with Crippen LogP contribution in [0.1, 0.15) is 5.56 Å². The SMILES string of the molecule is Cn1cc(/C=C2/SC(=S)N(c3ccc(Br)cc3)C2=O)c2ccccc21. The Kier molecular flexibility index (Phi) is 4.27. The van der Waals surface area contributed by atoms with Crippen LogP contribution in [-0.4, -0.2) is 14.8 Å². The first-order chi connectivity index (χ1) is 12.0. The van der Waals surface area contributed by atoms with Crippen molar-refractivity contribution in [3.05, 3.63) is 69.7 Å². The molecular weight excluding hydrogens is 416 g/mol. The molecule has 1 aliphatic rings. The van der Waals surface area contributed by atoms with Crippen LogP contribution in [-0.2, 0) is 11.8 Å². The number of aryl methyl sites for hydroxylation is 1. The minimum absolute atomic E-state index is 0.0785. The Labute approximate surface area is 163 Å². The maximum atomic E-state index is 12.9. The van der Waals surface area contributed by atoms with Gasteiger partial charge in [0.1, 0.15) is 0 Å². The summed E-state index contributed by atoms with van der Waals surface area (Å²) in [6, 6.07) is 15.7. The summed E-state index contributed by atoms with van der Waals surface area (Å²) < 4.78 is 3.59. The molecule has 1 amide bonds. The van der Waals surface area contributed by atoms with E-state index < -0.39 is 0 Å². The Morgan fingerprint density at radius 2 is 1.84 bits per heavy atom. The van der Waals surface area contributed by atoms with Crippen LogP contribution in [0.4, 0.5) is 5.69 Å². The number of carbonyl (C=O) groups excluding carboxylic acids is 1. The fourth-order valence-electron chi connectivity index (χ4n) is 2.91. The molecule has 0 atom stereocenters. The van der Waals surface area contributed by atoms with Crippen molar-refractivity contribution in [1.82, 2.24) is 4.57 Å². The number of rotatable bonds is 2. The van der Waals surface area contributed by atoms with E-state index >= 15 is 0 Å². The van der Waals surface area contributed by atoms with Crippen molar-refractivity contribution in [2.24, 2.45) is 7.05 Å². The predicted molar refractivity (Wildman–Crippen MR) is 113 cm³/mol. The van der Waals surface area contributed by atoms with E-state index in [0.29, 0.717) is 9.23 Å². The van der Waals surface area contributed by atoms with Gasteiger partial charge < -0.3 is 4.57 Å². The summed E-state index contributed by atoms with van der Waals surface area (Å²) >= 11 is 10.2. The van der Waals surface area contributed by atoms with E-state index in [4.69, 9.17) is 12.2 Å². The van der Waals surface area contributed by atoms with Gasteiger partial charge in [0.25, 0.3) is 5.91 Å². The number of anilines is 1. The molecule has 1 aliphatic heterocycles. The predicted octanol–water partition coefficient (Wildman–Crippen LogP) is 5.35. The number of para-hydroxylation sites is 1. The molecule has 1 aromatic heterocycles. The van der Waals surface area contributed by atoms with E-state index in [1.165, 1.54) is 11.8 Å². The highest BCUT2D eigenvalue weighted by atomic mass is 79.9. The number of fused-ring (bicyclic) bond motifs is 1. The van der Waals surface area contributed by atoms with Gasteiger partial charge in [0, 0.05) is 34.2 Å². The first-order valence-corrected chi connectivity index (χ1v) is 9.64. The van der Waals surface area contributed by atoms with Gasteiger partial charge in [-0.1, -0.05) is 58.1 Å². The molecule has 0 unspecified atom stereocenters. The molecule has 3 nitrogen and oxygen atoms in total. The maximum Gasteiger partial charge on any atom is 0.270 e. The van der Waals surface area contributed by atoms with Crippen LogP contribution in [0.2, 0.25) is 0 Å². The fraction of sp³-hybridized carbons (Fsp3) is 0.0526. The van der Waals surface area contributed by atoms with Gasteiger partial charge in [-0.3, -0.25) is 9.69 Å². The zero-order chi connectivity index (χ0) is 17.6. The van der Waals surface area contributed by atoms with Gasteiger partial charge in [-0.15, -0.1) is 0 Å². The van der Waals surface area contributed by atoms with Gasteiger partial charge in [-0.2, -0.15) is 0 Å². The minimum Gasteiger partial charge on any atom is -0.350 e. The zero-order valence-electron chi connectivity index (χ0n) is 13.3. The first kappa shape index (κ1) is 16.6. The molecule has 2 heterocycles. The highest BCUT2D eigenvalue weighted by Gasteiger charge is 2.33. The normalized spacial score (nSPS) is 16.4. The summed E-state index contributed by atoms with van der Waals surface area (Å²) in [4.78, 5) is 15.1. The average molecular weight is 429 g/mol. The van der Waals surface area contributed by atoms with E-state index in [1.807, 2.05) is 55.7 Å². The number of halogens is 1. The van der Waals surface area contributed by atoms with Crippen LogP contribution in [0.15, 0.2) is 64.1 Å². The Balaban J connectivity index is 1.74. The van der Waals surface area contributed by atoms with E-state index in [1.54, 1.807) is 4.90 Å². The van der Waals surface area contributed by atoms with Crippen LogP contribution < -0.4 is 4.90 Å². The molecule has 3 aromatic rings. The van der Waals surface area contributed by atoms with Crippen molar-refractivity contribution in [3.8, 4) is 0 Å². The summed E-state index contributed by atoms with van der Waals surface area (Å²) in [7, 11) is 2.01. The monoisotopic (exact) mass is 428 g/mol. The van der Waals surface area contributed by atoms with Gasteiger partial charge in [0.15, 0.2) is 4.32 Å². The van der Waals surface area contributed by atoms with E-state index in [0.717, 1.165) is 26.6 Å². The van der Waals surface area contributed by atoms with Crippen molar-refractivity contribution in [1.29, 1.82) is 0 Å². The van der Waals surface area contributed by atoms with E-state index in [2.05, 4.69) is 32.6 Å². The van der Waals surface area contributed by atoms with E-state index in [9.17, 15) is 4.79 Å². The Morgan fingerprint density at radius 3 is 2.60 bits per heavy atom. The Morgan fingerprint density at radius 1 is 1.12 bits per heavy atom. The van der Waals surface area contributed by atoms with Crippen molar-refractivity contribution in [3.63, 3.8) is 0 Å². The molecule has 1 fully saturated rings. The number of thiocarbonyl (C=S) groups is 1. The van der Waals surface area contributed by atoms with Gasteiger partial charge in [-0.05, 0) is 36.4 Å². The van der Waals surface area contributed by atoms with Gasteiger partial charge in [0.2, 0.25) is 0 Å². The maximum absolute atomic E-state index is 12.9. The molecule has 2 aromatic carbocycles. The third-order valence-electron chi connectivity index (χ3n) is 4.09. The molecule has 0 saturated carbocycles. The number of benzene rings is 2. The highest BCUT2D eigenvalue weighted by Crippen LogP contribution is 2.37. The van der Waals surface area contributed by atoms with Crippen molar-refractivity contribution >= 4 is 72.8 Å². The van der Waals surface area contributed by atoms with Crippen LogP contribution in [0.3, 0.4) is 0 Å². The molecule has 0 radical (unpaired) electrons. The van der Waals surface area contributed by atoms with Crippen molar-refractivity contribution in [2.45, 2.75) is 0 Å². The second-order valence-corrected chi connectivity index (χ2v) is 8.30. The van der Waals surface area contributed by atoms with Gasteiger partial charge in [0.05, 0.1) is 10.6 Å². The summed E-state index contributed by atoms with van der Waals surface area (Å²) in [6.07, 6.45) is 3.97. The Hall–Kier alpha value is -1.89. The number of nitrogens with zero attached hydrogens (tertiary/aromatic N) is 2. The summed E-state index contributed by atoms with van der Waals surface area (Å²) in [5, 5.41) is 1.12. The first-order valence-electron chi connectivity index (χ1n) is 7.62. The van der Waals surface area contributed by atoms with Crippen LogP contribution in [0.5, 0.6) is 0 Å². The van der Waals surface area contributed by atoms with Crippen LogP contribution >= 0.6 is 39.9 Å². The molecular formula is C19H13BrN2OS2. The van der Waals surface area contributed by atoms with Gasteiger partial charge >= 0.3 is 0 Å². The summed E-state index contributed by atoms with van der Waals surface area (Å²) in [6.45, 7) is 0. The lowest BCUT2D eigenvalue weighted by Gasteiger charge is -2.14. The smallest absolute Gasteiger partial charge is 0.270 e. The lowest BCUT2D eigenvalue weighted by molar-refractivity contribution is -0.113. The summed E-state index contributed by atoms with van der Waals surface area (Å²) in [5.41, 5.74) is 2.94. The van der Waals surface area contributed by atoms with Crippen LogP contribution in [0.25, 0.3) is 17.0 Å².